The monoisotopic (exact) mass is 382 g/mol. The number of amides is 1. The van der Waals surface area contributed by atoms with Crippen molar-refractivity contribution in [2.24, 2.45) is 0 Å². The Morgan fingerprint density at radius 2 is 2.04 bits per heavy atom. The van der Waals surface area contributed by atoms with Crippen molar-refractivity contribution >= 4 is 44.9 Å². The fraction of sp³-hybridized carbons (Fsp3) is 0.200. The lowest BCUT2D eigenvalue weighted by Crippen LogP contribution is -2.20. The number of benzene rings is 2. The molecule has 4 aromatic rings. The summed E-state index contributed by atoms with van der Waals surface area (Å²) in [5.41, 5.74) is 2.87. The molecule has 2 heterocycles. The Morgan fingerprint density at radius 3 is 2.78 bits per heavy atom. The Hall–Kier alpha value is -3.06. The summed E-state index contributed by atoms with van der Waals surface area (Å²) in [6, 6.07) is 11.4. The number of ether oxygens (including phenoxy) is 1. The van der Waals surface area contributed by atoms with E-state index in [0.29, 0.717) is 23.6 Å². The molecule has 0 aliphatic rings. The molecule has 0 saturated heterocycles. The van der Waals surface area contributed by atoms with Gasteiger partial charge in [-0.3, -0.25) is 9.59 Å². The number of fused-ring (bicyclic) bond motifs is 3. The van der Waals surface area contributed by atoms with Gasteiger partial charge in [-0.25, -0.2) is 0 Å². The van der Waals surface area contributed by atoms with Crippen molar-refractivity contribution in [3.8, 4) is 5.75 Å². The van der Waals surface area contributed by atoms with E-state index < -0.39 is 0 Å². The van der Waals surface area contributed by atoms with Gasteiger partial charge in [0.15, 0.2) is 0 Å². The Balaban J connectivity index is 1.60. The second kappa shape index (κ2) is 6.92. The van der Waals surface area contributed by atoms with Gasteiger partial charge in [-0.2, -0.15) is 0 Å². The minimum absolute atomic E-state index is 0.0541. The van der Waals surface area contributed by atoms with Gasteiger partial charge < -0.3 is 19.0 Å². The van der Waals surface area contributed by atoms with Crippen LogP contribution in [0.1, 0.15) is 12.1 Å². The van der Waals surface area contributed by atoms with E-state index in [2.05, 4.69) is 5.32 Å². The quantitative estimate of drug-likeness (QED) is 0.563. The molecule has 7 heteroatoms. The molecule has 0 aliphatic heterocycles. The summed E-state index contributed by atoms with van der Waals surface area (Å²) in [4.78, 5) is 24.1. The minimum Gasteiger partial charge on any atom is -0.495 e. The third kappa shape index (κ3) is 3.21. The van der Waals surface area contributed by atoms with Gasteiger partial charge in [0.25, 0.3) is 0 Å². The lowest BCUT2D eigenvalue weighted by atomic mass is 10.1. The first-order chi connectivity index (χ1) is 13.1. The fourth-order valence-corrected chi connectivity index (χ4v) is 3.88. The molecule has 0 radical (unpaired) electrons. The molecule has 0 unspecified atom stereocenters. The van der Waals surface area contributed by atoms with E-state index in [4.69, 9.17) is 9.15 Å². The topological polar surface area (TPSA) is 73.5 Å². The molecule has 6 nitrogen and oxygen atoms in total. The summed E-state index contributed by atoms with van der Waals surface area (Å²) in [5, 5.41) is 6.58. The van der Waals surface area contributed by atoms with Crippen molar-refractivity contribution in [3.63, 3.8) is 0 Å². The average Bonchev–Trinajstić information content (AvgIpc) is 3.18. The first kappa shape index (κ1) is 17.4. The number of hydrogen-bond donors (Lipinski definition) is 1. The van der Waals surface area contributed by atoms with Gasteiger partial charge in [-0.05, 0) is 19.1 Å². The van der Waals surface area contributed by atoms with Crippen LogP contribution in [0.3, 0.4) is 0 Å². The van der Waals surface area contributed by atoms with Gasteiger partial charge in [0.2, 0.25) is 5.91 Å². The molecule has 0 atom stereocenters. The fourth-order valence-electron chi connectivity index (χ4n) is 3.12. The molecule has 0 spiro atoms. The van der Waals surface area contributed by atoms with E-state index in [1.165, 1.54) is 0 Å². The number of nitrogens with one attached hydrogen (secondary N) is 1. The molecule has 2 aromatic carbocycles. The number of furan rings is 1. The van der Waals surface area contributed by atoms with Crippen molar-refractivity contribution in [3.05, 3.63) is 57.1 Å². The minimum atomic E-state index is -0.193. The van der Waals surface area contributed by atoms with Crippen LogP contribution in [0.4, 0.5) is 5.69 Å². The maximum absolute atomic E-state index is 12.4. The number of carbonyl (C=O) groups is 1. The second-order valence-corrected chi connectivity index (χ2v) is 7.06. The van der Waals surface area contributed by atoms with Gasteiger partial charge in [0, 0.05) is 40.9 Å². The number of hydrogen-bond acceptors (Lipinski definition) is 5. The van der Waals surface area contributed by atoms with Gasteiger partial charge in [0.05, 0.1) is 12.8 Å². The lowest BCUT2D eigenvalue weighted by molar-refractivity contribution is -0.116. The average molecular weight is 382 g/mol. The molecule has 0 aliphatic carbocycles. The summed E-state index contributed by atoms with van der Waals surface area (Å²) >= 11 is 1.14. The van der Waals surface area contributed by atoms with Crippen LogP contribution < -0.4 is 14.9 Å². The highest BCUT2D eigenvalue weighted by atomic mass is 32.1. The zero-order valence-corrected chi connectivity index (χ0v) is 15.8. The zero-order valence-electron chi connectivity index (χ0n) is 14.9. The van der Waals surface area contributed by atoms with Crippen LogP contribution in [0.5, 0.6) is 5.75 Å². The van der Waals surface area contributed by atoms with E-state index >= 15 is 0 Å². The Bertz CT molecular complexity index is 1200. The Labute approximate surface area is 159 Å². The van der Waals surface area contributed by atoms with Crippen LogP contribution >= 0.6 is 11.3 Å². The highest BCUT2D eigenvalue weighted by molar-refractivity contribution is 7.07. The van der Waals surface area contributed by atoms with E-state index in [-0.39, 0.29) is 17.2 Å². The van der Waals surface area contributed by atoms with Crippen molar-refractivity contribution < 1.29 is 13.9 Å². The van der Waals surface area contributed by atoms with Crippen LogP contribution in [0.15, 0.2) is 51.0 Å². The summed E-state index contributed by atoms with van der Waals surface area (Å²) < 4.78 is 12.9. The lowest BCUT2D eigenvalue weighted by Gasteiger charge is -2.11. The van der Waals surface area contributed by atoms with Crippen molar-refractivity contribution in [2.45, 2.75) is 19.9 Å². The highest BCUT2D eigenvalue weighted by Crippen LogP contribution is 2.36. The SMILES string of the molecule is COc1cc2c(cc1NC(=O)CCn1c(C)csc1=O)oc1ccccc12. The molecule has 0 bridgehead atoms. The van der Waals surface area contributed by atoms with Crippen molar-refractivity contribution in [1.82, 2.24) is 4.57 Å². The molecular formula is C20H18N2O4S. The van der Waals surface area contributed by atoms with Gasteiger partial charge in [-0.15, -0.1) is 0 Å². The maximum atomic E-state index is 12.4. The number of methoxy groups -OCH3 is 1. The summed E-state index contributed by atoms with van der Waals surface area (Å²) in [7, 11) is 1.56. The van der Waals surface area contributed by atoms with Crippen molar-refractivity contribution in [2.75, 3.05) is 12.4 Å². The molecule has 138 valence electrons. The smallest absolute Gasteiger partial charge is 0.307 e. The molecule has 0 saturated carbocycles. The van der Waals surface area contributed by atoms with Crippen LogP contribution in [0.25, 0.3) is 21.9 Å². The van der Waals surface area contributed by atoms with Crippen molar-refractivity contribution in [1.29, 1.82) is 0 Å². The molecule has 4 rings (SSSR count). The summed E-state index contributed by atoms with van der Waals surface area (Å²) in [6.45, 7) is 2.20. The number of anilines is 1. The van der Waals surface area contributed by atoms with Crippen LogP contribution in [-0.4, -0.2) is 17.6 Å². The van der Waals surface area contributed by atoms with Gasteiger partial charge in [0.1, 0.15) is 16.9 Å². The van der Waals surface area contributed by atoms with E-state index in [0.717, 1.165) is 33.4 Å². The second-order valence-electron chi connectivity index (χ2n) is 6.24. The third-order valence-corrected chi connectivity index (χ3v) is 5.39. The number of carbonyl (C=O) groups excluding carboxylic acids is 1. The molecular weight excluding hydrogens is 364 g/mol. The van der Waals surface area contributed by atoms with Crippen LogP contribution in [0, 0.1) is 6.92 Å². The number of aryl methyl sites for hydroxylation is 1. The van der Waals surface area contributed by atoms with E-state index in [9.17, 15) is 9.59 Å². The molecule has 1 amide bonds. The number of thiazole rings is 1. The molecule has 27 heavy (non-hydrogen) atoms. The molecule has 1 N–H and O–H groups in total. The predicted octanol–water partition coefficient (Wildman–Crippen LogP) is 4.16. The van der Waals surface area contributed by atoms with E-state index in [1.54, 1.807) is 23.1 Å². The Kier molecular flexibility index (Phi) is 4.45. The number of para-hydroxylation sites is 1. The summed E-state index contributed by atoms with van der Waals surface area (Å²) in [6.07, 6.45) is 0.193. The standard InChI is InChI=1S/C20H18N2O4S/c1-12-11-27-20(24)22(12)8-7-19(23)21-15-10-17-14(9-18(15)25-2)13-5-3-4-6-16(13)26-17/h3-6,9-11H,7-8H2,1-2H3,(H,21,23). The first-order valence-electron chi connectivity index (χ1n) is 8.51. The maximum Gasteiger partial charge on any atom is 0.307 e. The highest BCUT2D eigenvalue weighted by Gasteiger charge is 2.14. The largest absolute Gasteiger partial charge is 0.495 e. The predicted molar refractivity (Wildman–Crippen MR) is 107 cm³/mol. The van der Waals surface area contributed by atoms with Gasteiger partial charge in [-0.1, -0.05) is 29.5 Å². The zero-order chi connectivity index (χ0) is 19.0. The van der Waals surface area contributed by atoms with E-state index in [1.807, 2.05) is 37.3 Å². The normalized spacial score (nSPS) is 11.2. The Morgan fingerprint density at radius 1 is 1.22 bits per heavy atom. The van der Waals surface area contributed by atoms with Gasteiger partial charge >= 0.3 is 4.87 Å². The molecule has 0 fully saturated rings. The summed E-state index contributed by atoms with van der Waals surface area (Å²) in [5.74, 6) is 0.368. The number of rotatable bonds is 5. The van der Waals surface area contributed by atoms with Crippen LogP contribution in [-0.2, 0) is 11.3 Å². The van der Waals surface area contributed by atoms with Crippen LogP contribution in [0.2, 0.25) is 0 Å². The first-order valence-corrected chi connectivity index (χ1v) is 9.39. The number of nitrogens with zero attached hydrogens (tertiary/aromatic N) is 1. The third-order valence-electron chi connectivity index (χ3n) is 4.51. The molecule has 2 aromatic heterocycles. The number of aromatic nitrogens is 1.